The fourth-order valence-corrected chi connectivity index (χ4v) is 5.44. The molecule has 30 heavy (non-hydrogen) atoms. The van der Waals surface area contributed by atoms with Gasteiger partial charge in [-0.25, -0.2) is 8.42 Å². The minimum atomic E-state index is -3.65. The zero-order valence-electron chi connectivity index (χ0n) is 15.9. The molecule has 0 atom stereocenters. The van der Waals surface area contributed by atoms with Crippen LogP contribution in [0.4, 0.5) is 0 Å². The summed E-state index contributed by atoms with van der Waals surface area (Å²) in [7, 11) is -3.65. The maximum absolute atomic E-state index is 12.5. The normalized spacial score (nSPS) is 13.9. The van der Waals surface area contributed by atoms with Gasteiger partial charge in [0.25, 0.3) is 5.91 Å². The maximum Gasteiger partial charge on any atom is 0.263 e. The van der Waals surface area contributed by atoms with Crippen LogP contribution in [0, 0.1) is 12.3 Å². The molecule has 2 aromatic carbocycles. The summed E-state index contributed by atoms with van der Waals surface area (Å²) in [6.07, 6.45) is 5.49. The first-order valence-corrected chi connectivity index (χ1v) is 11.8. The zero-order chi connectivity index (χ0) is 21.1. The van der Waals surface area contributed by atoms with Crippen molar-refractivity contribution in [2.75, 3.05) is 19.0 Å². The molecule has 0 spiro atoms. The summed E-state index contributed by atoms with van der Waals surface area (Å²) in [6.45, 7) is 1.10. The van der Waals surface area contributed by atoms with Crippen molar-refractivity contribution < 1.29 is 22.7 Å². The Morgan fingerprint density at radius 1 is 1.17 bits per heavy atom. The van der Waals surface area contributed by atoms with Crippen molar-refractivity contribution in [2.45, 2.75) is 12.3 Å². The summed E-state index contributed by atoms with van der Waals surface area (Å²) in [5.41, 5.74) is 1.38. The van der Waals surface area contributed by atoms with Crippen LogP contribution >= 0.6 is 11.3 Å². The van der Waals surface area contributed by atoms with E-state index in [2.05, 4.69) is 10.9 Å². The van der Waals surface area contributed by atoms with Crippen LogP contribution in [-0.4, -0.2) is 37.9 Å². The van der Waals surface area contributed by atoms with E-state index in [0.29, 0.717) is 35.1 Å². The number of rotatable bonds is 5. The summed E-state index contributed by atoms with van der Waals surface area (Å²) < 4.78 is 38.5. The van der Waals surface area contributed by atoms with Crippen molar-refractivity contribution in [3.05, 3.63) is 52.8 Å². The molecule has 1 amide bonds. The quantitative estimate of drug-likeness (QED) is 0.565. The lowest BCUT2D eigenvalue weighted by Gasteiger charge is -2.18. The first kappa shape index (κ1) is 20.2. The van der Waals surface area contributed by atoms with Gasteiger partial charge in [-0.15, -0.1) is 6.42 Å². The summed E-state index contributed by atoms with van der Waals surface area (Å²) in [6, 6.07) is 12.3. The molecule has 0 saturated heterocycles. The second-order valence-corrected chi connectivity index (χ2v) is 9.74. The van der Waals surface area contributed by atoms with Gasteiger partial charge in [0.2, 0.25) is 0 Å². The molecule has 7 nitrogen and oxygen atoms in total. The number of ether oxygens (including phenoxy) is 2. The molecule has 0 unspecified atom stereocenters. The highest BCUT2D eigenvalue weighted by molar-refractivity contribution is 7.91. The van der Waals surface area contributed by atoms with Crippen LogP contribution in [0.25, 0.3) is 10.2 Å². The molecule has 1 aromatic heterocycles. The second-order valence-electron chi connectivity index (χ2n) is 6.66. The first-order valence-electron chi connectivity index (χ1n) is 9.13. The number of aromatic nitrogens is 1. The molecule has 0 N–H and O–H groups in total. The Balaban J connectivity index is 1.66. The van der Waals surface area contributed by atoms with Crippen LogP contribution in [0.5, 0.6) is 11.5 Å². The largest absolute Gasteiger partial charge is 0.486 e. The zero-order valence-corrected chi connectivity index (χ0v) is 17.5. The first-order chi connectivity index (χ1) is 14.4. The van der Waals surface area contributed by atoms with Crippen molar-refractivity contribution in [3.63, 3.8) is 0 Å². The molecule has 0 bridgehead atoms. The number of fused-ring (bicyclic) bond motifs is 2. The average molecular weight is 443 g/mol. The van der Waals surface area contributed by atoms with Crippen LogP contribution in [0.15, 0.2) is 47.5 Å². The highest BCUT2D eigenvalue weighted by atomic mass is 32.2. The van der Waals surface area contributed by atoms with Gasteiger partial charge in [0.05, 0.1) is 22.5 Å². The maximum atomic E-state index is 12.5. The Labute approximate surface area is 177 Å². The molecule has 0 saturated carbocycles. The highest BCUT2D eigenvalue weighted by Crippen LogP contribution is 2.35. The van der Waals surface area contributed by atoms with Crippen LogP contribution in [0.3, 0.4) is 0 Å². The van der Waals surface area contributed by atoms with Gasteiger partial charge in [-0.3, -0.25) is 4.79 Å². The summed E-state index contributed by atoms with van der Waals surface area (Å²) in [5.74, 6) is 2.14. The molecule has 0 fully saturated rings. The Hall–Kier alpha value is -3.09. The van der Waals surface area contributed by atoms with Crippen molar-refractivity contribution >= 4 is 37.3 Å². The van der Waals surface area contributed by atoms with Crippen LogP contribution in [0.1, 0.15) is 5.56 Å². The van der Waals surface area contributed by atoms with Crippen molar-refractivity contribution in [3.8, 4) is 23.8 Å². The van der Waals surface area contributed by atoms with Gasteiger partial charge in [0.1, 0.15) is 19.0 Å². The van der Waals surface area contributed by atoms with E-state index in [1.165, 1.54) is 11.3 Å². The number of carbonyl (C=O) groups excluding carboxylic acids is 1. The average Bonchev–Trinajstić information content (AvgIpc) is 3.02. The number of amides is 1. The smallest absolute Gasteiger partial charge is 0.263 e. The number of terminal acetylenes is 1. The summed E-state index contributed by atoms with van der Waals surface area (Å²) in [4.78, 5) is 16.8. The molecule has 4 rings (SSSR count). The van der Waals surface area contributed by atoms with Gasteiger partial charge in [-0.2, -0.15) is 4.99 Å². The highest BCUT2D eigenvalue weighted by Gasteiger charge is 2.19. The number of benzene rings is 2. The topological polar surface area (TPSA) is 87.0 Å². The monoisotopic (exact) mass is 442 g/mol. The fourth-order valence-electron chi connectivity index (χ4n) is 3.14. The number of hydrogen-bond acceptors (Lipinski definition) is 6. The Kier molecular flexibility index (Phi) is 5.61. The van der Waals surface area contributed by atoms with E-state index in [1.54, 1.807) is 41.0 Å². The van der Waals surface area contributed by atoms with Gasteiger partial charge >= 0.3 is 0 Å². The fraction of sp³-hybridized carbons (Fsp3) is 0.238. The molecule has 1 aliphatic rings. The van der Waals surface area contributed by atoms with Crippen LogP contribution in [-0.2, 0) is 26.9 Å². The van der Waals surface area contributed by atoms with Crippen molar-refractivity contribution in [1.82, 2.24) is 4.57 Å². The number of sulfone groups is 1. The minimum Gasteiger partial charge on any atom is -0.486 e. The predicted molar refractivity (Wildman–Crippen MR) is 114 cm³/mol. The second kappa shape index (κ2) is 8.34. The number of thiazole rings is 1. The third-order valence-electron chi connectivity index (χ3n) is 4.39. The lowest BCUT2D eigenvalue weighted by molar-refractivity contribution is -0.115. The van der Waals surface area contributed by atoms with Gasteiger partial charge < -0.3 is 14.0 Å². The Morgan fingerprint density at radius 2 is 1.87 bits per heavy atom. The van der Waals surface area contributed by atoms with E-state index >= 15 is 0 Å². The summed E-state index contributed by atoms with van der Waals surface area (Å²) >= 11 is 1.24. The van der Waals surface area contributed by atoms with E-state index in [4.69, 9.17) is 15.9 Å². The lowest BCUT2D eigenvalue weighted by Crippen LogP contribution is -2.21. The standard InChI is InChI=1S/C21H18N2O5S2/c1-2-8-23-16-11-17-18(28-10-9-27-17)12-19(16)29-21(23)22-20(24)14-30(25,26)13-15-6-4-3-5-7-15/h1,3-7,11-12H,8-10,13-14H2. The molecule has 154 valence electrons. The molecule has 2 heterocycles. The van der Waals surface area contributed by atoms with Gasteiger partial charge in [0.15, 0.2) is 26.1 Å². The van der Waals surface area contributed by atoms with E-state index in [-0.39, 0.29) is 12.3 Å². The van der Waals surface area contributed by atoms with E-state index < -0.39 is 21.5 Å². The van der Waals surface area contributed by atoms with E-state index in [9.17, 15) is 13.2 Å². The van der Waals surface area contributed by atoms with Crippen molar-refractivity contribution in [1.29, 1.82) is 0 Å². The molecule has 9 heteroatoms. The Bertz CT molecular complexity index is 1320. The molecular formula is C21H18N2O5S2. The molecule has 3 aromatic rings. The number of carbonyl (C=O) groups is 1. The third-order valence-corrected chi connectivity index (χ3v) is 6.89. The van der Waals surface area contributed by atoms with Crippen molar-refractivity contribution in [2.24, 2.45) is 4.99 Å². The predicted octanol–water partition coefficient (Wildman–Crippen LogP) is 2.15. The van der Waals surface area contributed by atoms with Crippen LogP contribution < -0.4 is 14.3 Å². The molecule has 1 aliphatic heterocycles. The Morgan fingerprint density at radius 3 is 2.57 bits per heavy atom. The van der Waals surface area contributed by atoms with Gasteiger partial charge in [-0.05, 0) is 5.56 Å². The van der Waals surface area contributed by atoms with E-state index in [0.717, 1.165) is 10.2 Å². The minimum absolute atomic E-state index is 0.183. The van der Waals surface area contributed by atoms with Crippen LogP contribution in [0.2, 0.25) is 0 Å². The van der Waals surface area contributed by atoms with E-state index in [1.807, 2.05) is 6.07 Å². The lowest BCUT2D eigenvalue weighted by atomic mass is 10.2. The SMILES string of the molecule is C#CCn1c(=NC(=O)CS(=O)(=O)Cc2ccccc2)sc2cc3c(cc21)OCCO3. The number of hydrogen-bond donors (Lipinski definition) is 0. The third kappa shape index (κ3) is 4.40. The molecule has 0 aliphatic carbocycles. The van der Waals surface area contributed by atoms with Gasteiger partial charge in [0, 0.05) is 12.1 Å². The molecule has 0 radical (unpaired) electrons. The molecular weight excluding hydrogens is 424 g/mol. The van der Waals surface area contributed by atoms with Gasteiger partial charge in [-0.1, -0.05) is 47.6 Å². The summed E-state index contributed by atoms with van der Waals surface area (Å²) in [5, 5.41) is 0. The number of nitrogens with zero attached hydrogens (tertiary/aromatic N) is 2.